The zero-order valence-electron chi connectivity index (χ0n) is 9.39. The summed E-state index contributed by atoms with van der Waals surface area (Å²) in [6.07, 6.45) is 1.43. The van der Waals surface area contributed by atoms with Gasteiger partial charge in [-0.1, -0.05) is 0 Å². The third-order valence-electron chi connectivity index (χ3n) is 1.41. The summed E-state index contributed by atoms with van der Waals surface area (Å²) >= 11 is 0. The summed E-state index contributed by atoms with van der Waals surface area (Å²) in [6.45, 7) is 7.02. The Morgan fingerprint density at radius 2 is 1.85 bits per heavy atom. The molecular formula is C9H21NO2Si. The molecule has 0 rings (SSSR count). The first-order chi connectivity index (χ1) is 5.81. The second-order valence-corrected chi connectivity index (χ2v) is 8.92. The van der Waals surface area contributed by atoms with Crippen LogP contribution in [0.3, 0.4) is 0 Å². The largest absolute Gasteiger partial charge is 0.520 e. The van der Waals surface area contributed by atoms with Gasteiger partial charge in [0.2, 0.25) is 8.32 Å². The summed E-state index contributed by atoms with van der Waals surface area (Å²) in [4.78, 5) is 13.3. The molecule has 0 unspecified atom stereocenters. The maximum Gasteiger partial charge on any atom is 0.292 e. The Morgan fingerprint density at radius 1 is 1.31 bits per heavy atom. The van der Waals surface area contributed by atoms with Crippen LogP contribution < -0.4 is 0 Å². The van der Waals surface area contributed by atoms with Crippen molar-refractivity contribution in [2.24, 2.45) is 0 Å². The van der Waals surface area contributed by atoms with Crippen LogP contribution in [0.4, 0.5) is 0 Å². The molecule has 0 atom stereocenters. The van der Waals surface area contributed by atoms with Crippen molar-refractivity contribution in [3.8, 4) is 0 Å². The first-order valence-electron chi connectivity index (χ1n) is 4.68. The zero-order chi connectivity index (χ0) is 10.5. The molecule has 0 aliphatic rings. The fourth-order valence-corrected chi connectivity index (χ4v) is 1.72. The summed E-state index contributed by atoms with van der Waals surface area (Å²) in [6, 6.07) is 0. The Morgan fingerprint density at radius 3 is 2.23 bits per heavy atom. The average Bonchev–Trinajstić information content (AvgIpc) is 1.81. The second-order valence-electron chi connectivity index (χ2n) is 4.49. The highest BCUT2D eigenvalue weighted by Gasteiger charge is 2.19. The van der Waals surface area contributed by atoms with Gasteiger partial charge in [0.05, 0.1) is 0 Å². The number of rotatable bonds is 5. The first kappa shape index (κ1) is 12.6. The summed E-state index contributed by atoms with van der Waals surface area (Å²) in [5.41, 5.74) is 0. The minimum absolute atomic E-state index is 0.0407. The van der Waals surface area contributed by atoms with Crippen LogP contribution in [-0.4, -0.2) is 39.8 Å². The van der Waals surface area contributed by atoms with Crippen LogP contribution in [-0.2, 0) is 9.22 Å². The van der Waals surface area contributed by atoms with Crippen LogP contribution in [0.15, 0.2) is 0 Å². The molecular weight excluding hydrogens is 182 g/mol. The molecule has 13 heavy (non-hydrogen) atoms. The summed E-state index contributed by atoms with van der Waals surface area (Å²) < 4.78 is 5.30. The predicted octanol–water partition coefficient (Wildman–Crippen LogP) is 1.71. The van der Waals surface area contributed by atoms with Crippen molar-refractivity contribution in [1.82, 2.24) is 4.90 Å². The number of carbonyl (C=O) groups is 1. The monoisotopic (exact) mass is 203 g/mol. The zero-order valence-corrected chi connectivity index (χ0v) is 10.4. The van der Waals surface area contributed by atoms with Gasteiger partial charge in [0.1, 0.15) is 0 Å². The van der Waals surface area contributed by atoms with E-state index in [1.165, 1.54) is 0 Å². The predicted molar refractivity (Wildman–Crippen MR) is 57.2 cm³/mol. The number of hydrogen-bond donors (Lipinski definition) is 0. The van der Waals surface area contributed by atoms with E-state index in [1.54, 1.807) is 0 Å². The number of carbonyl (C=O) groups excluding carboxylic acids is 1. The molecule has 0 aromatic rings. The third kappa shape index (κ3) is 9.56. The Bertz CT molecular complexity index is 163. The van der Waals surface area contributed by atoms with Gasteiger partial charge in [0, 0.05) is 6.42 Å². The lowest BCUT2D eigenvalue weighted by Crippen LogP contribution is -2.29. The Kier molecular flexibility index (Phi) is 5.25. The van der Waals surface area contributed by atoms with E-state index in [4.69, 9.17) is 4.43 Å². The van der Waals surface area contributed by atoms with Gasteiger partial charge in [0.15, 0.2) is 0 Å². The molecule has 0 aromatic carbocycles. The van der Waals surface area contributed by atoms with E-state index in [9.17, 15) is 4.79 Å². The number of nitrogens with zero attached hydrogens (tertiary/aromatic N) is 1. The quantitative estimate of drug-likeness (QED) is 0.637. The van der Waals surface area contributed by atoms with Gasteiger partial charge in [-0.25, -0.2) is 0 Å². The van der Waals surface area contributed by atoms with Crippen LogP contribution in [0.2, 0.25) is 19.6 Å². The van der Waals surface area contributed by atoms with Gasteiger partial charge < -0.3 is 9.33 Å². The Hall–Kier alpha value is -0.353. The molecule has 0 radical (unpaired) electrons. The van der Waals surface area contributed by atoms with Crippen molar-refractivity contribution in [3.63, 3.8) is 0 Å². The molecule has 0 fully saturated rings. The first-order valence-corrected chi connectivity index (χ1v) is 8.08. The van der Waals surface area contributed by atoms with E-state index in [2.05, 4.69) is 4.90 Å². The van der Waals surface area contributed by atoms with Crippen molar-refractivity contribution >= 4 is 14.3 Å². The fourth-order valence-electron chi connectivity index (χ4n) is 0.932. The van der Waals surface area contributed by atoms with E-state index in [-0.39, 0.29) is 5.97 Å². The highest BCUT2D eigenvalue weighted by Crippen LogP contribution is 2.05. The molecule has 0 aliphatic heterocycles. The lowest BCUT2D eigenvalue weighted by molar-refractivity contribution is -0.135. The molecule has 0 heterocycles. The summed E-state index contributed by atoms with van der Waals surface area (Å²) in [5, 5.41) is 0. The summed E-state index contributed by atoms with van der Waals surface area (Å²) in [5.74, 6) is -0.0407. The van der Waals surface area contributed by atoms with Crippen molar-refractivity contribution in [3.05, 3.63) is 0 Å². The van der Waals surface area contributed by atoms with Crippen LogP contribution in [0.1, 0.15) is 12.8 Å². The van der Waals surface area contributed by atoms with Gasteiger partial charge in [-0.3, -0.25) is 4.79 Å². The van der Waals surface area contributed by atoms with Gasteiger partial charge >= 0.3 is 0 Å². The standard InChI is InChI=1S/C9H21NO2Si/c1-10(2)8-6-7-9(11)12-13(3,4)5/h6-8H2,1-5H3. The van der Waals surface area contributed by atoms with Gasteiger partial charge in [-0.05, 0) is 46.7 Å². The molecule has 0 saturated carbocycles. The van der Waals surface area contributed by atoms with Crippen LogP contribution in [0.5, 0.6) is 0 Å². The molecule has 0 aromatic heterocycles. The molecule has 0 N–H and O–H groups in total. The van der Waals surface area contributed by atoms with Gasteiger partial charge in [-0.15, -0.1) is 0 Å². The van der Waals surface area contributed by atoms with Crippen LogP contribution in [0.25, 0.3) is 0 Å². The minimum Gasteiger partial charge on any atom is -0.520 e. The second kappa shape index (κ2) is 5.39. The van der Waals surface area contributed by atoms with Crippen molar-refractivity contribution in [2.45, 2.75) is 32.5 Å². The highest BCUT2D eigenvalue weighted by molar-refractivity contribution is 6.71. The smallest absolute Gasteiger partial charge is 0.292 e. The van der Waals surface area contributed by atoms with Crippen molar-refractivity contribution in [1.29, 1.82) is 0 Å². The van der Waals surface area contributed by atoms with E-state index in [1.807, 2.05) is 33.7 Å². The SMILES string of the molecule is CN(C)CCCC(=O)O[Si](C)(C)C. The third-order valence-corrected chi connectivity index (χ3v) is 2.25. The maximum absolute atomic E-state index is 11.2. The Balaban J connectivity index is 3.53. The van der Waals surface area contributed by atoms with Crippen molar-refractivity contribution in [2.75, 3.05) is 20.6 Å². The molecule has 0 amide bonds. The van der Waals surface area contributed by atoms with Crippen LogP contribution >= 0.6 is 0 Å². The van der Waals surface area contributed by atoms with Crippen LogP contribution in [0, 0.1) is 0 Å². The molecule has 3 nitrogen and oxygen atoms in total. The molecule has 4 heteroatoms. The highest BCUT2D eigenvalue weighted by atomic mass is 28.4. The molecule has 0 aliphatic carbocycles. The van der Waals surface area contributed by atoms with E-state index < -0.39 is 8.32 Å². The molecule has 0 bridgehead atoms. The van der Waals surface area contributed by atoms with Gasteiger partial charge in [0.25, 0.3) is 5.97 Å². The Labute approximate surface area is 82.2 Å². The van der Waals surface area contributed by atoms with E-state index in [0.717, 1.165) is 13.0 Å². The maximum atomic E-state index is 11.2. The molecule has 0 spiro atoms. The number of hydrogen-bond acceptors (Lipinski definition) is 3. The fraction of sp³-hybridized carbons (Fsp3) is 0.889. The van der Waals surface area contributed by atoms with E-state index in [0.29, 0.717) is 6.42 Å². The lowest BCUT2D eigenvalue weighted by Gasteiger charge is -2.17. The lowest BCUT2D eigenvalue weighted by atomic mass is 10.3. The van der Waals surface area contributed by atoms with Crippen molar-refractivity contribution < 1.29 is 9.22 Å². The van der Waals surface area contributed by atoms with E-state index >= 15 is 0 Å². The molecule has 78 valence electrons. The normalized spacial score (nSPS) is 11.8. The topological polar surface area (TPSA) is 29.5 Å². The minimum atomic E-state index is -1.66. The molecule has 0 saturated heterocycles. The summed E-state index contributed by atoms with van der Waals surface area (Å²) in [7, 11) is 2.35. The average molecular weight is 203 g/mol. The van der Waals surface area contributed by atoms with Gasteiger partial charge in [-0.2, -0.15) is 0 Å².